The molecule has 4 rings (SSSR count). The van der Waals surface area contributed by atoms with E-state index < -0.39 is 17.6 Å². The summed E-state index contributed by atoms with van der Waals surface area (Å²) in [5, 5.41) is 5.38. The molecule has 0 saturated heterocycles. The summed E-state index contributed by atoms with van der Waals surface area (Å²) in [6.45, 7) is 0. The third-order valence-electron chi connectivity index (χ3n) is 5.42. The van der Waals surface area contributed by atoms with E-state index in [0.29, 0.717) is 22.8 Å². The second-order valence-electron chi connectivity index (χ2n) is 7.15. The van der Waals surface area contributed by atoms with Gasteiger partial charge in [0, 0.05) is 32.0 Å². The highest BCUT2D eigenvalue weighted by Gasteiger charge is 2.34. The van der Waals surface area contributed by atoms with E-state index in [4.69, 9.17) is 10.5 Å². The molecule has 156 valence electrons. The van der Waals surface area contributed by atoms with Gasteiger partial charge in [-0.1, -0.05) is 11.3 Å². The molecule has 0 radical (unpaired) electrons. The number of nitrogens with two attached hydrogens (primary N) is 1. The van der Waals surface area contributed by atoms with Gasteiger partial charge in [-0.05, 0) is 31.7 Å². The molecule has 2 N–H and O–H groups in total. The van der Waals surface area contributed by atoms with E-state index in [9.17, 15) is 13.2 Å². The molecule has 0 atom stereocenters. The number of alkyl halides is 3. The van der Waals surface area contributed by atoms with Gasteiger partial charge in [0.05, 0.1) is 23.6 Å². The highest BCUT2D eigenvalue weighted by molar-refractivity contribution is 7.20. The van der Waals surface area contributed by atoms with Crippen molar-refractivity contribution >= 4 is 27.2 Å². The first-order valence-corrected chi connectivity index (χ1v) is 10.0. The largest absolute Gasteiger partial charge is 0.419 e. The van der Waals surface area contributed by atoms with Crippen LogP contribution in [-0.4, -0.2) is 45.9 Å². The lowest BCUT2D eigenvalue weighted by Crippen LogP contribution is -2.36. The number of pyridine rings is 1. The second-order valence-corrected chi connectivity index (χ2v) is 8.09. The van der Waals surface area contributed by atoms with Crippen LogP contribution >= 0.6 is 11.3 Å². The van der Waals surface area contributed by atoms with Gasteiger partial charge in [-0.15, -0.1) is 5.10 Å². The molecule has 1 fully saturated rings. The number of fused-ring (bicyclic) bond motifs is 1. The number of hydrogen-bond acceptors (Lipinski definition) is 7. The van der Waals surface area contributed by atoms with Gasteiger partial charge in [0.1, 0.15) is 5.82 Å². The molecule has 0 unspecified atom stereocenters. The number of hydrogen-bond donors (Lipinski definition) is 1. The predicted octanol–water partition coefficient (Wildman–Crippen LogP) is 3.85. The lowest BCUT2D eigenvalue weighted by molar-refractivity contribution is -0.137. The van der Waals surface area contributed by atoms with Crippen LogP contribution in [0.15, 0.2) is 18.5 Å². The first-order chi connectivity index (χ1) is 13.8. The first-order valence-electron chi connectivity index (χ1n) is 9.21. The molecule has 0 aliphatic heterocycles. The number of nitrogens with zero attached hydrogens (tertiary/aromatic N) is 5. The number of ether oxygens (including phenoxy) is 1. The maximum atomic E-state index is 13.2. The summed E-state index contributed by atoms with van der Waals surface area (Å²) < 4.78 is 46.5. The number of aromatic nitrogens is 4. The SMILES string of the molecule is COC1CCC(N(C)c2nn3c(-c4cnc(N)c(C(F)(F)F)c4)cnc3s2)CC1. The quantitative estimate of drug-likeness (QED) is 0.683. The van der Waals surface area contributed by atoms with Gasteiger partial charge >= 0.3 is 6.18 Å². The van der Waals surface area contributed by atoms with Crippen LogP contribution in [0.1, 0.15) is 31.2 Å². The topological polar surface area (TPSA) is 81.6 Å². The summed E-state index contributed by atoms with van der Waals surface area (Å²) in [5.41, 5.74) is 5.14. The third-order valence-corrected chi connectivity index (χ3v) is 6.43. The van der Waals surface area contributed by atoms with Crippen molar-refractivity contribution in [2.45, 2.75) is 44.0 Å². The van der Waals surface area contributed by atoms with Crippen molar-refractivity contribution in [1.82, 2.24) is 19.6 Å². The standard InChI is InChI=1S/C18H21F3N6OS/c1-26(11-3-5-12(28-2)6-4-11)17-25-27-14(9-24-16(27)29-17)10-7-13(18(19,20)21)15(22)23-8-10/h7-9,11-12H,3-6H2,1-2H3,(H2,22,23). The Labute approximate surface area is 169 Å². The lowest BCUT2D eigenvalue weighted by atomic mass is 9.92. The minimum atomic E-state index is -4.58. The Morgan fingerprint density at radius 2 is 1.93 bits per heavy atom. The number of anilines is 2. The molecule has 1 aliphatic rings. The zero-order valence-corrected chi connectivity index (χ0v) is 16.8. The van der Waals surface area contributed by atoms with Gasteiger partial charge in [0.2, 0.25) is 10.1 Å². The van der Waals surface area contributed by atoms with Gasteiger partial charge in [0.25, 0.3) is 0 Å². The summed E-state index contributed by atoms with van der Waals surface area (Å²) in [7, 11) is 3.73. The highest BCUT2D eigenvalue weighted by Crippen LogP contribution is 2.36. The summed E-state index contributed by atoms with van der Waals surface area (Å²) >= 11 is 1.40. The third kappa shape index (κ3) is 3.76. The monoisotopic (exact) mass is 426 g/mol. The first kappa shape index (κ1) is 19.9. The van der Waals surface area contributed by atoms with Gasteiger partial charge in [0.15, 0.2) is 0 Å². The summed E-state index contributed by atoms with van der Waals surface area (Å²) in [6, 6.07) is 1.33. The Hall–Kier alpha value is -2.40. The van der Waals surface area contributed by atoms with Crippen LogP contribution in [0.4, 0.5) is 24.1 Å². The summed E-state index contributed by atoms with van der Waals surface area (Å²) in [6.07, 6.45) is 2.53. The Balaban J connectivity index is 1.63. The molecule has 0 spiro atoms. The molecule has 3 aromatic rings. The lowest BCUT2D eigenvalue weighted by Gasteiger charge is -2.33. The van der Waals surface area contributed by atoms with Crippen molar-refractivity contribution in [3.05, 3.63) is 24.0 Å². The average molecular weight is 426 g/mol. The maximum Gasteiger partial charge on any atom is 0.419 e. The van der Waals surface area contributed by atoms with Crippen molar-refractivity contribution in [2.75, 3.05) is 24.8 Å². The number of methoxy groups -OCH3 is 1. The molecule has 1 saturated carbocycles. The molecule has 3 heterocycles. The van der Waals surface area contributed by atoms with Gasteiger partial charge < -0.3 is 15.4 Å². The van der Waals surface area contributed by atoms with Crippen molar-refractivity contribution in [1.29, 1.82) is 0 Å². The van der Waals surface area contributed by atoms with E-state index in [0.717, 1.165) is 36.9 Å². The Bertz CT molecular complexity index is 1010. The van der Waals surface area contributed by atoms with E-state index in [1.165, 1.54) is 23.7 Å². The van der Waals surface area contributed by atoms with Gasteiger partial charge in [-0.2, -0.15) is 13.2 Å². The molecule has 1 aliphatic carbocycles. The van der Waals surface area contributed by atoms with Crippen LogP contribution in [0.3, 0.4) is 0 Å². The molecular formula is C18H21F3N6OS. The molecule has 0 bridgehead atoms. The molecule has 7 nitrogen and oxygen atoms in total. The molecule has 0 aromatic carbocycles. The van der Waals surface area contributed by atoms with Gasteiger partial charge in [-0.3, -0.25) is 0 Å². The van der Waals surface area contributed by atoms with Crippen molar-refractivity contribution in [3.63, 3.8) is 0 Å². The summed E-state index contributed by atoms with van der Waals surface area (Å²) in [5.74, 6) is -0.549. The van der Waals surface area contributed by atoms with E-state index in [2.05, 4.69) is 20.0 Å². The molecular weight excluding hydrogens is 405 g/mol. The normalized spacial score (nSPS) is 20.3. The van der Waals surface area contributed by atoms with E-state index >= 15 is 0 Å². The minimum Gasteiger partial charge on any atom is -0.383 e. The van der Waals surface area contributed by atoms with E-state index in [1.54, 1.807) is 11.6 Å². The van der Waals surface area contributed by atoms with Crippen LogP contribution in [0.5, 0.6) is 0 Å². The summed E-state index contributed by atoms with van der Waals surface area (Å²) in [4.78, 5) is 10.8. The van der Waals surface area contributed by atoms with Gasteiger partial charge in [-0.25, -0.2) is 14.5 Å². The van der Waals surface area contributed by atoms with Crippen LogP contribution in [0, 0.1) is 0 Å². The van der Waals surface area contributed by atoms with Crippen LogP contribution in [0.25, 0.3) is 16.2 Å². The Morgan fingerprint density at radius 1 is 1.21 bits per heavy atom. The highest BCUT2D eigenvalue weighted by atomic mass is 32.1. The second kappa shape index (κ2) is 7.45. The number of halogens is 3. The maximum absolute atomic E-state index is 13.2. The molecule has 29 heavy (non-hydrogen) atoms. The average Bonchev–Trinajstić information content (AvgIpc) is 3.28. The van der Waals surface area contributed by atoms with Crippen molar-refractivity contribution < 1.29 is 17.9 Å². The number of imidazole rings is 1. The molecule has 0 amide bonds. The van der Waals surface area contributed by atoms with E-state index in [-0.39, 0.29) is 5.56 Å². The van der Waals surface area contributed by atoms with Crippen LogP contribution in [0.2, 0.25) is 0 Å². The van der Waals surface area contributed by atoms with Crippen LogP contribution in [-0.2, 0) is 10.9 Å². The van der Waals surface area contributed by atoms with Crippen molar-refractivity contribution in [3.8, 4) is 11.3 Å². The Morgan fingerprint density at radius 3 is 2.59 bits per heavy atom. The zero-order chi connectivity index (χ0) is 20.8. The smallest absolute Gasteiger partial charge is 0.383 e. The fourth-order valence-electron chi connectivity index (χ4n) is 3.69. The fourth-order valence-corrected chi connectivity index (χ4v) is 4.60. The van der Waals surface area contributed by atoms with Crippen molar-refractivity contribution in [2.24, 2.45) is 0 Å². The van der Waals surface area contributed by atoms with Crippen LogP contribution < -0.4 is 10.6 Å². The predicted molar refractivity (Wildman–Crippen MR) is 105 cm³/mol. The Kier molecular flexibility index (Phi) is 5.11. The fraction of sp³-hybridized carbons (Fsp3) is 0.500. The van der Waals surface area contributed by atoms with E-state index in [1.807, 2.05) is 7.05 Å². The molecule has 11 heteroatoms. The number of rotatable bonds is 4. The zero-order valence-electron chi connectivity index (χ0n) is 16.0. The minimum absolute atomic E-state index is 0.263. The number of nitrogen functional groups attached to an aromatic ring is 1. The molecule has 3 aromatic heterocycles.